The molecule has 1 atom stereocenters. The highest BCUT2D eigenvalue weighted by Gasteiger charge is 2.15. The van der Waals surface area contributed by atoms with E-state index >= 15 is 0 Å². The quantitative estimate of drug-likeness (QED) is 0.694. The number of nitrogens with one attached hydrogen (secondary N) is 1. The first-order chi connectivity index (χ1) is 7.25. The van der Waals surface area contributed by atoms with Crippen LogP contribution in [0, 0.1) is 5.92 Å². The molecule has 6 nitrogen and oxygen atoms in total. The Morgan fingerprint density at radius 1 is 1.73 bits per heavy atom. The van der Waals surface area contributed by atoms with Crippen molar-refractivity contribution in [1.29, 1.82) is 0 Å². The monoisotopic (exact) mass is 209 g/mol. The highest BCUT2D eigenvalue weighted by atomic mass is 16.1. The third-order valence-corrected chi connectivity index (χ3v) is 2.64. The maximum Gasteiger partial charge on any atom is 0.270 e. The molecule has 0 radical (unpaired) electrons. The van der Waals surface area contributed by atoms with Crippen LogP contribution in [0.4, 0.5) is 0 Å². The predicted octanol–water partition coefficient (Wildman–Crippen LogP) is -0.623. The van der Waals surface area contributed by atoms with Gasteiger partial charge in [0.1, 0.15) is 0 Å². The Morgan fingerprint density at radius 2 is 2.60 bits per heavy atom. The van der Waals surface area contributed by atoms with Gasteiger partial charge in [-0.3, -0.25) is 9.48 Å². The van der Waals surface area contributed by atoms with Crippen LogP contribution in [0.2, 0.25) is 0 Å². The minimum absolute atomic E-state index is 0.235. The summed E-state index contributed by atoms with van der Waals surface area (Å²) in [7, 11) is 0. The number of primary amides is 1. The number of amides is 1. The van der Waals surface area contributed by atoms with Gasteiger partial charge in [0.2, 0.25) is 0 Å². The van der Waals surface area contributed by atoms with Crippen molar-refractivity contribution < 1.29 is 4.79 Å². The topological polar surface area (TPSA) is 85.8 Å². The van der Waals surface area contributed by atoms with Crippen molar-refractivity contribution >= 4 is 5.91 Å². The van der Waals surface area contributed by atoms with Gasteiger partial charge in [-0.2, -0.15) is 0 Å². The van der Waals surface area contributed by atoms with Gasteiger partial charge in [-0.1, -0.05) is 5.21 Å². The average molecular weight is 209 g/mol. The SMILES string of the molecule is NC(=O)c1cn(C[C@H]2CCCNC2)nn1. The van der Waals surface area contributed by atoms with Crippen molar-refractivity contribution in [2.24, 2.45) is 11.7 Å². The fourth-order valence-electron chi connectivity index (χ4n) is 1.84. The molecule has 1 amide bonds. The summed E-state index contributed by atoms with van der Waals surface area (Å²) in [4.78, 5) is 10.8. The van der Waals surface area contributed by atoms with Crippen molar-refractivity contribution in [2.75, 3.05) is 13.1 Å². The molecule has 0 saturated carbocycles. The minimum atomic E-state index is -0.525. The van der Waals surface area contributed by atoms with Crippen LogP contribution >= 0.6 is 0 Å². The van der Waals surface area contributed by atoms with E-state index in [0.29, 0.717) is 5.92 Å². The molecule has 0 unspecified atom stereocenters. The van der Waals surface area contributed by atoms with Gasteiger partial charge in [0.15, 0.2) is 5.69 Å². The lowest BCUT2D eigenvalue weighted by Gasteiger charge is -2.22. The summed E-state index contributed by atoms with van der Waals surface area (Å²) in [5.41, 5.74) is 5.33. The third-order valence-electron chi connectivity index (χ3n) is 2.64. The molecule has 1 saturated heterocycles. The lowest BCUT2D eigenvalue weighted by molar-refractivity contribution is 0.0995. The zero-order chi connectivity index (χ0) is 10.7. The number of hydrogen-bond acceptors (Lipinski definition) is 4. The average Bonchev–Trinajstić information content (AvgIpc) is 2.68. The summed E-state index contributed by atoms with van der Waals surface area (Å²) in [5.74, 6) is 0.0456. The standard InChI is InChI=1S/C9H15N5O/c10-9(15)8-6-14(13-12-8)5-7-2-1-3-11-4-7/h6-7,11H,1-5H2,(H2,10,15)/t7-/m0/s1. The predicted molar refractivity (Wildman–Crippen MR) is 54.1 cm³/mol. The molecule has 0 aromatic carbocycles. The zero-order valence-electron chi connectivity index (χ0n) is 8.52. The first kappa shape index (κ1) is 10.1. The Balaban J connectivity index is 1.94. The summed E-state index contributed by atoms with van der Waals surface area (Å²) in [5, 5.41) is 10.9. The number of hydrogen-bond donors (Lipinski definition) is 2. The second kappa shape index (κ2) is 4.39. The van der Waals surface area contributed by atoms with Crippen LogP contribution < -0.4 is 11.1 Å². The van der Waals surface area contributed by atoms with Crippen molar-refractivity contribution in [3.8, 4) is 0 Å². The van der Waals surface area contributed by atoms with Crippen LogP contribution in [0.3, 0.4) is 0 Å². The number of nitrogens with two attached hydrogens (primary N) is 1. The summed E-state index contributed by atoms with van der Waals surface area (Å²) in [6.07, 6.45) is 4.00. The molecule has 0 aliphatic carbocycles. The normalized spacial score (nSPS) is 21.5. The van der Waals surface area contributed by atoms with Crippen molar-refractivity contribution in [1.82, 2.24) is 20.3 Å². The van der Waals surface area contributed by atoms with Gasteiger partial charge in [0, 0.05) is 6.54 Å². The Bertz CT molecular complexity index is 342. The molecule has 1 fully saturated rings. The fourth-order valence-corrected chi connectivity index (χ4v) is 1.84. The highest BCUT2D eigenvalue weighted by Crippen LogP contribution is 2.11. The van der Waals surface area contributed by atoms with Crippen LogP contribution in [0.5, 0.6) is 0 Å². The molecule has 1 aliphatic rings. The molecular formula is C9H15N5O. The fraction of sp³-hybridized carbons (Fsp3) is 0.667. The second-order valence-electron chi connectivity index (χ2n) is 3.90. The molecule has 82 valence electrons. The van der Waals surface area contributed by atoms with E-state index in [0.717, 1.165) is 19.6 Å². The number of piperidine rings is 1. The first-order valence-electron chi connectivity index (χ1n) is 5.16. The Hall–Kier alpha value is -1.43. The Morgan fingerprint density at radius 3 is 3.20 bits per heavy atom. The number of rotatable bonds is 3. The van der Waals surface area contributed by atoms with Gasteiger partial charge in [0.25, 0.3) is 5.91 Å². The van der Waals surface area contributed by atoms with E-state index in [1.165, 1.54) is 12.8 Å². The smallest absolute Gasteiger partial charge is 0.270 e. The number of aromatic nitrogens is 3. The molecule has 0 bridgehead atoms. The van der Waals surface area contributed by atoms with Gasteiger partial charge < -0.3 is 11.1 Å². The van der Waals surface area contributed by atoms with E-state index in [9.17, 15) is 4.79 Å². The maximum absolute atomic E-state index is 10.8. The van der Waals surface area contributed by atoms with E-state index in [1.54, 1.807) is 10.9 Å². The maximum atomic E-state index is 10.8. The van der Waals surface area contributed by atoms with E-state index < -0.39 is 5.91 Å². The van der Waals surface area contributed by atoms with Gasteiger partial charge in [-0.05, 0) is 31.8 Å². The van der Waals surface area contributed by atoms with Crippen LogP contribution in [-0.4, -0.2) is 34.0 Å². The molecule has 6 heteroatoms. The van der Waals surface area contributed by atoms with Crippen molar-refractivity contribution in [3.05, 3.63) is 11.9 Å². The highest BCUT2D eigenvalue weighted by molar-refractivity contribution is 5.90. The van der Waals surface area contributed by atoms with E-state index in [4.69, 9.17) is 5.73 Å². The number of nitrogens with zero attached hydrogens (tertiary/aromatic N) is 3. The third kappa shape index (κ3) is 2.53. The van der Waals surface area contributed by atoms with Crippen molar-refractivity contribution in [3.63, 3.8) is 0 Å². The molecule has 1 aromatic rings. The van der Waals surface area contributed by atoms with E-state index in [1.807, 2.05) is 0 Å². The van der Waals surface area contributed by atoms with Gasteiger partial charge in [-0.15, -0.1) is 5.10 Å². The lowest BCUT2D eigenvalue weighted by atomic mass is 10.00. The summed E-state index contributed by atoms with van der Waals surface area (Å²) < 4.78 is 1.69. The summed E-state index contributed by atoms with van der Waals surface area (Å²) >= 11 is 0. The molecule has 2 heterocycles. The van der Waals surface area contributed by atoms with Gasteiger partial charge >= 0.3 is 0 Å². The summed E-state index contributed by atoms with van der Waals surface area (Å²) in [6, 6.07) is 0. The zero-order valence-corrected chi connectivity index (χ0v) is 8.52. The molecule has 1 aliphatic heterocycles. The van der Waals surface area contributed by atoms with Gasteiger partial charge in [-0.25, -0.2) is 0 Å². The van der Waals surface area contributed by atoms with Crippen LogP contribution in [-0.2, 0) is 6.54 Å². The van der Waals surface area contributed by atoms with Crippen LogP contribution in [0.25, 0.3) is 0 Å². The molecule has 1 aromatic heterocycles. The largest absolute Gasteiger partial charge is 0.364 e. The Kier molecular flexibility index (Phi) is 2.96. The van der Waals surface area contributed by atoms with Crippen LogP contribution in [0.1, 0.15) is 23.3 Å². The Labute approximate surface area is 87.8 Å². The van der Waals surface area contributed by atoms with Gasteiger partial charge in [0.05, 0.1) is 6.20 Å². The van der Waals surface area contributed by atoms with E-state index in [2.05, 4.69) is 15.6 Å². The molecule has 3 N–H and O–H groups in total. The van der Waals surface area contributed by atoms with Crippen LogP contribution in [0.15, 0.2) is 6.20 Å². The molecule has 15 heavy (non-hydrogen) atoms. The van der Waals surface area contributed by atoms with Crippen molar-refractivity contribution in [2.45, 2.75) is 19.4 Å². The summed E-state index contributed by atoms with van der Waals surface area (Å²) in [6.45, 7) is 2.90. The van der Waals surface area contributed by atoms with E-state index in [-0.39, 0.29) is 5.69 Å². The molecule has 2 rings (SSSR count). The first-order valence-corrected chi connectivity index (χ1v) is 5.16. The minimum Gasteiger partial charge on any atom is -0.364 e. The number of carbonyl (C=O) groups is 1. The number of carbonyl (C=O) groups excluding carboxylic acids is 1. The molecule has 0 spiro atoms. The second-order valence-corrected chi connectivity index (χ2v) is 3.90. The lowest BCUT2D eigenvalue weighted by Crippen LogP contribution is -2.32. The molecular weight excluding hydrogens is 194 g/mol.